The minimum Gasteiger partial charge on any atom is -0.354 e. The fraction of sp³-hybridized carbons (Fsp3) is 0.385. The van der Waals surface area contributed by atoms with E-state index in [0.29, 0.717) is 32.4 Å². The average Bonchev–Trinajstić information content (AvgIpc) is 3.50. The van der Waals surface area contributed by atoms with E-state index in [2.05, 4.69) is 31.1 Å². The smallest absolute Gasteiger partial charge is 0.243 e. The number of benzene rings is 2. The van der Waals surface area contributed by atoms with E-state index in [-0.39, 0.29) is 16.2 Å². The standard InChI is InChI=1S/C26H31N3O3S2/c1-26(2,3)20-11-13-22(14-12-20)34(31,32)29-17-7-10-23(29)24(30)27-16-15-21-18-33-25(28-21)19-8-5-4-6-9-19/h4-6,8-9,11-14,18,23H,7,10,15-17H2,1-3H3,(H,27,30)/t23-/m1/s1. The normalized spacial score (nSPS) is 17.1. The van der Waals surface area contributed by atoms with Gasteiger partial charge in [-0.3, -0.25) is 4.79 Å². The van der Waals surface area contributed by atoms with Gasteiger partial charge >= 0.3 is 0 Å². The van der Waals surface area contributed by atoms with Gasteiger partial charge in [-0.1, -0.05) is 63.2 Å². The summed E-state index contributed by atoms with van der Waals surface area (Å²) in [6, 6.07) is 16.3. The lowest BCUT2D eigenvalue weighted by molar-refractivity contribution is -0.124. The van der Waals surface area contributed by atoms with Gasteiger partial charge in [0.15, 0.2) is 0 Å². The minimum absolute atomic E-state index is 0.0580. The summed E-state index contributed by atoms with van der Waals surface area (Å²) < 4.78 is 27.9. The molecule has 0 radical (unpaired) electrons. The monoisotopic (exact) mass is 497 g/mol. The molecule has 0 unspecified atom stereocenters. The summed E-state index contributed by atoms with van der Waals surface area (Å²) >= 11 is 1.58. The lowest BCUT2D eigenvalue weighted by Gasteiger charge is -2.24. The molecule has 1 fully saturated rings. The molecule has 2 heterocycles. The van der Waals surface area contributed by atoms with Gasteiger partial charge in [0, 0.05) is 30.5 Å². The summed E-state index contributed by atoms with van der Waals surface area (Å²) in [6.07, 6.45) is 1.80. The number of hydrogen-bond acceptors (Lipinski definition) is 5. The van der Waals surface area contributed by atoms with Crippen molar-refractivity contribution in [3.63, 3.8) is 0 Å². The van der Waals surface area contributed by atoms with Crippen LogP contribution in [0.25, 0.3) is 10.6 Å². The first-order valence-corrected chi connectivity index (χ1v) is 13.9. The zero-order chi connectivity index (χ0) is 24.3. The van der Waals surface area contributed by atoms with Crippen LogP contribution in [0.15, 0.2) is 64.9 Å². The van der Waals surface area contributed by atoms with Crippen LogP contribution < -0.4 is 5.32 Å². The maximum atomic E-state index is 13.3. The molecular formula is C26H31N3O3S2. The van der Waals surface area contributed by atoms with Crippen molar-refractivity contribution in [1.29, 1.82) is 0 Å². The van der Waals surface area contributed by atoms with Crippen LogP contribution in [-0.4, -0.2) is 42.7 Å². The number of amides is 1. The second kappa shape index (κ2) is 9.98. The van der Waals surface area contributed by atoms with E-state index in [1.807, 2.05) is 47.8 Å². The van der Waals surface area contributed by atoms with Crippen LogP contribution in [0.3, 0.4) is 0 Å². The largest absolute Gasteiger partial charge is 0.354 e. The molecule has 6 nitrogen and oxygen atoms in total. The van der Waals surface area contributed by atoms with Crippen LogP contribution in [0.5, 0.6) is 0 Å². The molecule has 1 N–H and O–H groups in total. The van der Waals surface area contributed by atoms with E-state index < -0.39 is 16.1 Å². The highest BCUT2D eigenvalue weighted by Crippen LogP contribution is 2.29. The van der Waals surface area contributed by atoms with Gasteiger partial charge in [0.25, 0.3) is 0 Å². The summed E-state index contributed by atoms with van der Waals surface area (Å²) in [7, 11) is -3.74. The van der Waals surface area contributed by atoms with Crippen molar-refractivity contribution in [2.24, 2.45) is 0 Å². The summed E-state index contributed by atoms with van der Waals surface area (Å²) in [5.74, 6) is -0.245. The van der Waals surface area contributed by atoms with Crippen LogP contribution in [0, 0.1) is 0 Å². The zero-order valence-electron chi connectivity index (χ0n) is 19.8. The first-order valence-electron chi connectivity index (χ1n) is 11.6. The van der Waals surface area contributed by atoms with Gasteiger partial charge in [-0.2, -0.15) is 4.31 Å². The second-order valence-electron chi connectivity index (χ2n) is 9.60. The molecule has 0 saturated carbocycles. The van der Waals surface area contributed by atoms with Crippen molar-refractivity contribution in [2.45, 2.75) is 56.4 Å². The predicted octanol–water partition coefficient (Wildman–Crippen LogP) is 4.62. The van der Waals surface area contributed by atoms with Crippen molar-refractivity contribution < 1.29 is 13.2 Å². The Bertz CT molecular complexity index is 1230. The highest BCUT2D eigenvalue weighted by molar-refractivity contribution is 7.89. The van der Waals surface area contributed by atoms with Gasteiger partial charge in [0.2, 0.25) is 15.9 Å². The molecule has 8 heteroatoms. The molecule has 2 aromatic carbocycles. The van der Waals surface area contributed by atoms with Crippen molar-refractivity contribution in [3.05, 3.63) is 71.2 Å². The number of rotatable bonds is 7. The predicted molar refractivity (Wildman–Crippen MR) is 136 cm³/mol. The van der Waals surface area contributed by atoms with E-state index in [1.54, 1.807) is 23.5 Å². The Hall–Kier alpha value is -2.55. The fourth-order valence-electron chi connectivity index (χ4n) is 4.12. The van der Waals surface area contributed by atoms with Crippen molar-refractivity contribution in [3.8, 4) is 10.6 Å². The molecule has 1 atom stereocenters. The van der Waals surface area contributed by atoms with Gasteiger partial charge in [-0.15, -0.1) is 11.3 Å². The summed E-state index contributed by atoms with van der Waals surface area (Å²) in [5.41, 5.74) is 3.00. The second-order valence-corrected chi connectivity index (χ2v) is 12.3. The van der Waals surface area contributed by atoms with Crippen LogP contribution in [-0.2, 0) is 26.7 Å². The lowest BCUT2D eigenvalue weighted by atomic mass is 9.87. The Morgan fingerprint density at radius 2 is 1.82 bits per heavy atom. The first kappa shape index (κ1) is 24.6. The quantitative estimate of drug-likeness (QED) is 0.517. The Kier molecular flexibility index (Phi) is 7.21. The molecule has 180 valence electrons. The zero-order valence-corrected chi connectivity index (χ0v) is 21.5. The van der Waals surface area contributed by atoms with Crippen molar-refractivity contribution in [2.75, 3.05) is 13.1 Å². The number of nitrogens with one attached hydrogen (secondary N) is 1. The molecule has 1 aromatic heterocycles. The molecule has 0 spiro atoms. The maximum absolute atomic E-state index is 13.3. The van der Waals surface area contributed by atoms with Crippen molar-refractivity contribution in [1.82, 2.24) is 14.6 Å². The fourth-order valence-corrected chi connectivity index (χ4v) is 6.64. The molecule has 0 bridgehead atoms. The average molecular weight is 498 g/mol. The van der Waals surface area contributed by atoms with Crippen LogP contribution in [0.2, 0.25) is 0 Å². The number of carbonyl (C=O) groups is 1. The Balaban J connectivity index is 1.37. The number of carbonyl (C=O) groups excluding carboxylic acids is 1. The van der Waals surface area contributed by atoms with E-state index in [1.165, 1.54) is 4.31 Å². The Morgan fingerprint density at radius 1 is 1.12 bits per heavy atom. The third-order valence-electron chi connectivity index (χ3n) is 6.09. The maximum Gasteiger partial charge on any atom is 0.243 e. The summed E-state index contributed by atoms with van der Waals surface area (Å²) in [4.78, 5) is 17.8. The van der Waals surface area contributed by atoms with Gasteiger partial charge in [0.1, 0.15) is 11.0 Å². The highest BCUT2D eigenvalue weighted by atomic mass is 32.2. The molecule has 1 saturated heterocycles. The molecule has 1 aliphatic rings. The van der Waals surface area contributed by atoms with Gasteiger partial charge < -0.3 is 5.32 Å². The number of thiazole rings is 1. The lowest BCUT2D eigenvalue weighted by Crippen LogP contribution is -2.46. The highest BCUT2D eigenvalue weighted by Gasteiger charge is 2.39. The molecule has 1 amide bonds. The summed E-state index contributed by atoms with van der Waals surface area (Å²) in [6.45, 7) is 7.04. The van der Waals surface area contributed by atoms with E-state index in [0.717, 1.165) is 21.8 Å². The Morgan fingerprint density at radius 3 is 2.50 bits per heavy atom. The van der Waals surface area contributed by atoms with Gasteiger partial charge in [-0.05, 0) is 36.0 Å². The molecule has 3 aromatic rings. The molecule has 0 aliphatic carbocycles. The SMILES string of the molecule is CC(C)(C)c1ccc(S(=O)(=O)N2CCC[C@@H]2C(=O)NCCc2csc(-c3ccccc3)n2)cc1. The van der Waals surface area contributed by atoms with E-state index >= 15 is 0 Å². The van der Waals surface area contributed by atoms with Gasteiger partial charge in [-0.25, -0.2) is 13.4 Å². The molecule has 4 rings (SSSR count). The van der Waals surface area contributed by atoms with Crippen molar-refractivity contribution >= 4 is 27.3 Å². The first-order chi connectivity index (χ1) is 16.2. The third kappa shape index (κ3) is 5.40. The van der Waals surface area contributed by atoms with Crippen LogP contribution in [0.1, 0.15) is 44.9 Å². The summed E-state index contributed by atoms with van der Waals surface area (Å²) in [5, 5.41) is 5.88. The van der Waals surface area contributed by atoms with E-state index in [9.17, 15) is 13.2 Å². The number of sulfonamides is 1. The minimum atomic E-state index is -3.74. The topological polar surface area (TPSA) is 79.4 Å². The van der Waals surface area contributed by atoms with E-state index in [4.69, 9.17) is 0 Å². The number of nitrogens with zero attached hydrogens (tertiary/aromatic N) is 2. The molecule has 1 aliphatic heterocycles. The number of hydrogen-bond donors (Lipinski definition) is 1. The van der Waals surface area contributed by atoms with Crippen LogP contribution >= 0.6 is 11.3 Å². The molecule has 34 heavy (non-hydrogen) atoms. The third-order valence-corrected chi connectivity index (χ3v) is 8.95. The van der Waals surface area contributed by atoms with Gasteiger partial charge in [0.05, 0.1) is 10.6 Å². The number of aromatic nitrogens is 1. The Labute approximate surface area is 206 Å². The van der Waals surface area contributed by atoms with Crippen LogP contribution in [0.4, 0.5) is 0 Å². The molecular weight excluding hydrogens is 466 g/mol.